The van der Waals surface area contributed by atoms with Gasteiger partial charge in [-0.1, -0.05) is 12.1 Å². The molecule has 31 heavy (non-hydrogen) atoms. The van der Waals surface area contributed by atoms with Gasteiger partial charge in [-0.25, -0.2) is 0 Å². The van der Waals surface area contributed by atoms with E-state index in [0.717, 1.165) is 22.4 Å². The molecule has 2 atom stereocenters. The summed E-state index contributed by atoms with van der Waals surface area (Å²) in [4.78, 5) is 31.1. The van der Waals surface area contributed by atoms with Gasteiger partial charge in [-0.05, 0) is 41.5 Å². The molecule has 0 aromatic heterocycles. The lowest BCUT2D eigenvalue weighted by atomic mass is 10.1. The summed E-state index contributed by atoms with van der Waals surface area (Å²) in [5.41, 5.74) is 8.92. The van der Waals surface area contributed by atoms with Gasteiger partial charge in [0.05, 0.1) is 20.3 Å². The average molecular weight is 424 g/mol. The van der Waals surface area contributed by atoms with Crippen molar-refractivity contribution in [3.05, 3.63) is 59.2 Å². The fourth-order valence-corrected chi connectivity index (χ4v) is 3.65. The van der Waals surface area contributed by atoms with Crippen molar-refractivity contribution in [2.24, 2.45) is 10.7 Å². The second-order valence-electron chi connectivity index (χ2n) is 7.41. The fourth-order valence-electron chi connectivity index (χ4n) is 3.65. The second kappa shape index (κ2) is 8.75. The van der Waals surface area contributed by atoms with E-state index >= 15 is 0 Å². The van der Waals surface area contributed by atoms with Gasteiger partial charge in [0.1, 0.15) is 11.6 Å². The highest BCUT2D eigenvalue weighted by Crippen LogP contribution is 2.22. The summed E-state index contributed by atoms with van der Waals surface area (Å²) >= 11 is 0. The summed E-state index contributed by atoms with van der Waals surface area (Å²) in [6.45, 7) is 1.40. The Bertz CT molecular complexity index is 1020. The summed E-state index contributed by atoms with van der Waals surface area (Å²) in [5, 5.41) is 13.2. The molecule has 2 amide bonds. The number of fused-ring (bicyclic) bond motifs is 1. The number of hydrogen-bond acceptors (Lipinski definition) is 7. The van der Waals surface area contributed by atoms with Crippen LogP contribution in [0.25, 0.3) is 0 Å². The van der Waals surface area contributed by atoms with E-state index in [0.29, 0.717) is 31.2 Å². The highest BCUT2D eigenvalue weighted by Gasteiger charge is 2.38. The van der Waals surface area contributed by atoms with Gasteiger partial charge >= 0.3 is 0 Å². The number of hydrogen-bond donors (Lipinski definition) is 3. The van der Waals surface area contributed by atoms with Gasteiger partial charge in [0.25, 0.3) is 11.8 Å². The Kier molecular flexibility index (Phi) is 5.88. The first kappa shape index (κ1) is 20.8. The van der Waals surface area contributed by atoms with Crippen molar-refractivity contribution in [3.63, 3.8) is 0 Å². The number of nitrogens with two attached hydrogens (primary N) is 1. The molecule has 9 heteroatoms. The largest absolute Gasteiger partial charge is 0.497 e. The minimum absolute atomic E-state index is 0.229. The molecule has 2 aliphatic rings. The summed E-state index contributed by atoms with van der Waals surface area (Å²) in [5.74, 6) is 0.0465. The first-order valence-corrected chi connectivity index (χ1v) is 9.91. The molecule has 0 aliphatic carbocycles. The number of amides is 2. The lowest BCUT2D eigenvalue weighted by Crippen LogP contribution is -2.54. The predicted octanol–water partition coefficient (Wildman–Crippen LogP) is 0.641. The molecule has 9 nitrogen and oxygen atoms in total. The Balaban J connectivity index is 1.39. The van der Waals surface area contributed by atoms with Crippen molar-refractivity contribution in [1.29, 1.82) is 0 Å². The Hall–Kier alpha value is -3.43. The van der Waals surface area contributed by atoms with Gasteiger partial charge in [-0.2, -0.15) is 0 Å². The van der Waals surface area contributed by atoms with E-state index < -0.39 is 24.0 Å². The number of carbonyl (C=O) groups excluding carboxylic acids is 2. The van der Waals surface area contributed by atoms with Gasteiger partial charge in [0.15, 0.2) is 12.2 Å². The van der Waals surface area contributed by atoms with Crippen molar-refractivity contribution >= 4 is 23.3 Å². The summed E-state index contributed by atoms with van der Waals surface area (Å²) in [7, 11) is 1.59. The number of morpholine rings is 1. The van der Waals surface area contributed by atoms with Crippen molar-refractivity contribution in [2.75, 3.05) is 25.6 Å². The van der Waals surface area contributed by atoms with E-state index in [9.17, 15) is 14.7 Å². The molecule has 0 spiro atoms. The zero-order chi connectivity index (χ0) is 22.0. The van der Waals surface area contributed by atoms with Crippen LogP contribution in [0.15, 0.2) is 47.5 Å². The minimum atomic E-state index is -1.64. The molecule has 1 saturated heterocycles. The number of methoxy groups -OCH3 is 1. The number of nitrogens with one attached hydrogen (secondary N) is 1. The molecule has 2 aliphatic heterocycles. The van der Waals surface area contributed by atoms with Crippen molar-refractivity contribution < 1.29 is 24.2 Å². The molecule has 2 aromatic carbocycles. The molecule has 0 saturated carbocycles. The quantitative estimate of drug-likeness (QED) is 0.625. The molecule has 2 unspecified atom stereocenters. The Morgan fingerprint density at radius 2 is 2.13 bits per heavy atom. The third-order valence-corrected chi connectivity index (χ3v) is 5.37. The van der Waals surface area contributed by atoms with Gasteiger partial charge in [-0.3, -0.25) is 14.6 Å². The first-order chi connectivity index (χ1) is 15.0. The smallest absolute Gasteiger partial charge is 0.256 e. The van der Waals surface area contributed by atoms with Gasteiger partial charge in [-0.15, -0.1) is 0 Å². The van der Waals surface area contributed by atoms with Crippen LogP contribution in [0.3, 0.4) is 0 Å². The zero-order valence-corrected chi connectivity index (χ0v) is 17.1. The lowest BCUT2D eigenvalue weighted by Gasteiger charge is -2.34. The molecule has 4 rings (SSSR count). The summed E-state index contributed by atoms with van der Waals surface area (Å²) in [6.07, 6.45) is -2.90. The van der Waals surface area contributed by atoms with E-state index in [-0.39, 0.29) is 6.61 Å². The standard InChI is InChI=1S/C22H24N4O5/c1-30-16-5-2-13(3-6-16)12-26-8-9-31-19(22(26)29)18(27)21(28)25-15-4-7-17-14(10-15)11-24-20(17)23/h2-7,10,18-19,27H,8-9,11-12H2,1H3,(H2,23,24)(H,25,28). The number of rotatable bonds is 6. The molecule has 4 N–H and O–H groups in total. The molecular formula is C22H24N4O5. The summed E-state index contributed by atoms with van der Waals surface area (Å²) in [6, 6.07) is 12.6. The van der Waals surface area contributed by atoms with Crippen molar-refractivity contribution in [3.8, 4) is 5.75 Å². The molecule has 0 bridgehead atoms. The maximum Gasteiger partial charge on any atom is 0.256 e. The van der Waals surface area contributed by atoms with Crippen molar-refractivity contribution in [2.45, 2.75) is 25.3 Å². The maximum absolute atomic E-state index is 12.8. The number of aliphatic hydroxyl groups excluding tert-OH is 1. The number of nitrogens with zero attached hydrogens (tertiary/aromatic N) is 2. The number of aliphatic imine (C=N–C) groups is 1. The highest BCUT2D eigenvalue weighted by molar-refractivity contribution is 6.02. The van der Waals surface area contributed by atoms with E-state index in [2.05, 4.69) is 10.3 Å². The number of aliphatic hydroxyl groups is 1. The van der Waals surface area contributed by atoms with Crippen LogP contribution in [0.1, 0.15) is 16.7 Å². The van der Waals surface area contributed by atoms with E-state index in [1.165, 1.54) is 0 Å². The Morgan fingerprint density at radius 3 is 2.87 bits per heavy atom. The SMILES string of the molecule is COc1ccc(CN2CCOC(C(O)C(=O)Nc3ccc4c(c3)CN=C4N)C2=O)cc1. The summed E-state index contributed by atoms with van der Waals surface area (Å²) < 4.78 is 10.6. The van der Waals surface area contributed by atoms with Gasteiger partial charge < -0.3 is 30.5 Å². The van der Waals surface area contributed by atoms with Crippen LogP contribution in [0.4, 0.5) is 5.69 Å². The molecule has 162 valence electrons. The van der Waals surface area contributed by atoms with Crippen LogP contribution in [-0.2, 0) is 27.4 Å². The number of anilines is 1. The topological polar surface area (TPSA) is 126 Å². The van der Waals surface area contributed by atoms with E-state index in [1.807, 2.05) is 24.3 Å². The molecular weight excluding hydrogens is 400 g/mol. The maximum atomic E-state index is 12.8. The minimum Gasteiger partial charge on any atom is -0.497 e. The van der Waals surface area contributed by atoms with Crippen LogP contribution in [0, 0.1) is 0 Å². The van der Waals surface area contributed by atoms with E-state index in [4.69, 9.17) is 15.2 Å². The third kappa shape index (κ3) is 4.37. The van der Waals surface area contributed by atoms with Crippen LogP contribution >= 0.6 is 0 Å². The van der Waals surface area contributed by atoms with E-state index in [1.54, 1.807) is 30.2 Å². The lowest BCUT2D eigenvalue weighted by molar-refractivity contribution is -0.166. The first-order valence-electron chi connectivity index (χ1n) is 9.91. The fraction of sp³-hybridized carbons (Fsp3) is 0.318. The molecule has 2 heterocycles. The number of ether oxygens (including phenoxy) is 2. The van der Waals surface area contributed by atoms with Gasteiger partial charge in [0, 0.05) is 24.3 Å². The molecule has 2 aromatic rings. The van der Waals surface area contributed by atoms with Gasteiger partial charge in [0.2, 0.25) is 0 Å². The van der Waals surface area contributed by atoms with Crippen LogP contribution < -0.4 is 15.8 Å². The monoisotopic (exact) mass is 424 g/mol. The second-order valence-corrected chi connectivity index (χ2v) is 7.41. The zero-order valence-electron chi connectivity index (χ0n) is 17.1. The Labute approximate surface area is 179 Å². The molecule has 1 fully saturated rings. The number of amidine groups is 1. The molecule has 0 radical (unpaired) electrons. The van der Waals surface area contributed by atoms with Crippen molar-refractivity contribution in [1.82, 2.24) is 4.90 Å². The van der Waals surface area contributed by atoms with Crippen LogP contribution in [0.5, 0.6) is 5.75 Å². The van der Waals surface area contributed by atoms with Crippen LogP contribution in [0.2, 0.25) is 0 Å². The normalized spacial score (nSPS) is 18.9. The number of carbonyl (C=O) groups is 2. The van der Waals surface area contributed by atoms with Crippen LogP contribution in [-0.4, -0.2) is 60.1 Å². The predicted molar refractivity (Wildman–Crippen MR) is 114 cm³/mol. The highest BCUT2D eigenvalue weighted by atomic mass is 16.5. The Morgan fingerprint density at radius 1 is 1.35 bits per heavy atom. The number of benzene rings is 2. The third-order valence-electron chi connectivity index (χ3n) is 5.37. The average Bonchev–Trinajstić information content (AvgIpc) is 3.15.